The number of hydrogen-bond donors (Lipinski definition) is 1. The Morgan fingerprint density at radius 2 is 1.61 bits per heavy atom. The zero-order chi connectivity index (χ0) is 32.4. The number of rotatable bonds is 15. The summed E-state index contributed by atoms with van der Waals surface area (Å²) >= 11 is 13.0. The monoisotopic (exact) mass is 663 g/mol. The van der Waals surface area contributed by atoms with Crippen LogP contribution in [0.3, 0.4) is 0 Å². The van der Waals surface area contributed by atoms with E-state index >= 15 is 0 Å². The summed E-state index contributed by atoms with van der Waals surface area (Å²) in [5.74, 6) is -0.429. The highest BCUT2D eigenvalue weighted by Crippen LogP contribution is 2.36. The first-order chi connectivity index (χ1) is 21.0. The molecule has 0 saturated heterocycles. The van der Waals surface area contributed by atoms with Gasteiger partial charge in [0.15, 0.2) is 0 Å². The first-order valence-corrected chi connectivity index (χ1v) is 16.5. The van der Waals surface area contributed by atoms with E-state index in [1.54, 1.807) is 49.4 Å². The highest BCUT2D eigenvalue weighted by molar-refractivity contribution is 7.92. The number of amides is 2. The van der Waals surface area contributed by atoms with Crippen LogP contribution in [0.1, 0.15) is 44.2 Å². The number of nitrogens with zero attached hydrogens (tertiary/aromatic N) is 2. The van der Waals surface area contributed by atoms with E-state index < -0.39 is 28.5 Å². The molecule has 12 heteroatoms. The van der Waals surface area contributed by atoms with Crippen molar-refractivity contribution in [3.05, 3.63) is 81.8 Å². The maximum atomic E-state index is 14.4. The Morgan fingerprint density at radius 3 is 2.18 bits per heavy atom. The van der Waals surface area contributed by atoms with Crippen molar-refractivity contribution < 1.29 is 27.5 Å². The lowest BCUT2D eigenvalue weighted by Gasteiger charge is -2.34. The highest BCUT2D eigenvalue weighted by atomic mass is 35.5. The van der Waals surface area contributed by atoms with Crippen LogP contribution in [0.25, 0.3) is 0 Å². The number of carbonyl (C=O) groups excluding carboxylic acids is 2. The smallest absolute Gasteiger partial charge is 0.264 e. The van der Waals surface area contributed by atoms with Gasteiger partial charge in [-0.15, -0.1) is 0 Å². The summed E-state index contributed by atoms with van der Waals surface area (Å²) in [6, 6.07) is 15.0. The van der Waals surface area contributed by atoms with Crippen molar-refractivity contribution in [2.75, 3.05) is 31.6 Å². The summed E-state index contributed by atoms with van der Waals surface area (Å²) in [6.07, 6.45) is 1.91. The SMILES string of the molecule is CCCCNC(=O)[C@@H](CC)N(Cc1c(Cl)cccc1Cl)C(=O)CN(c1cc(OC)ccc1OC)S(=O)(=O)c1ccc(C)cc1. The standard InChI is InChI=1S/C32H39Cl2N3O6S/c1-6-8-18-35-32(39)28(7-2)36(20-25-26(33)10-9-11-27(25)34)31(38)21-37(29-19-23(42-4)14-17-30(29)43-5)44(40,41)24-15-12-22(3)13-16-24/h9-17,19,28H,6-8,18,20-21H2,1-5H3,(H,35,39)/t28-/m1/s1. The van der Waals surface area contributed by atoms with Gasteiger partial charge in [-0.2, -0.15) is 0 Å². The van der Waals surface area contributed by atoms with Crippen molar-refractivity contribution >= 4 is 50.7 Å². The molecule has 0 fully saturated rings. The average molecular weight is 665 g/mol. The van der Waals surface area contributed by atoms with E-state index in [9.17, 15) is 18.0 Å². The lowest BCUT2D eigenvalue weighted by molar-refractivity contribution is -0.140. The predicted octanol–water partition coefficient (Wildman–Crippen LogP) is 6.24. The quantitative estimate of drug-likeness (QED) is 0.193. The van der Waals surface area contributed by atoms with Gasteiger partial charge in [-0.3, -0.25) is 13.9 Å². The summed E-state index contributed by atoms with van der Waals surface area (Å²) in [6.45, 7) is 5.30. The van der Waals surface area contributed by atoms with E-state index in [-0.39, 0.29) is 35.2 Å². The van der Waals surface area contributed by atoms with Gasteiger partial charge in [0, 0.05) is 34.8 Å². The molecule has 3 aromatic carbocycles. The van der Waals surface area contributed by atoms with Gasteiger partial charge in [0.2, 0.25) is 11.8 Å². The molecule has 0 saturated carbocycles. The number of anilines is 1. The minimum Gasteiger partial charge on any atom is -0.497 e. The number of methoxy groups -OCH3 is 2. The average Bonchev–Trinajstić information content (AvgIpc) is 3.01. The Hall–Kier alpha value is -3.47. The largest absolute Gasteiger partial charge is 0.497 e. The third kappa shape index (κ3) is 8.37. The van der Waals surface area contributed by atoms with Crippen molar-refractivity contribution in [3.8, 4) is 11.5 Å². The predicted molar refractivity (Wildman–Crippen MR) is 174 cm³/mol. The number of benzene rings is 3. The van der Waals surface area contributed by atoms with E-state index in [1.165, 1.54) is 37.3 Å². The molecule has 3 aromatic rings. The number of hydrogen-bond acceptors (Lipinski definition) is 6. The van der Waals surface area contributed by atoms with Crippen LogP contribution in [0, 0.1) is 6.92 Å². The fourth-order valence-corrected chi connectivity index (χ4v) is 6.56. The molecule has 0 spiro atoms. The van der Waals surface area contributed by atoms with Crippen LogP contribution in [-0.4, -0.2) is 58.5 Å². The molecule has 0 radical (unpaired) electrons. The second kappa shape index (κ2) is 16.0. The Labute approximate surface area is 270 Å². The van der Waals surface area contributed by atoms with Crippen molar-refractivity contribution in [1.82, 2.24) is 10.2 Å². The Bertz CT molecular complexity index is 1530. The molecule has 0 bridgehead atoms. The highest BCUT2D eigenvalue weighted by Gasteiger charge is 2.35. The van der Waals surface area contributed by atoms with Crippen LogP contribution in [0.2, 0.25) is 10.0 Å². The molecule has 0 heterocycles. The van der Waals surface area contributed by atoms with Gasteiger partial charge in [0.25, 0.3) is 10.0 Å². The number of sulfonamides is 1. The molecule has 0 aliphatic rings. The molecule has 238 valence electrons. The Kier molecular flexibility index (Phi) is 12.7. The molecule has 9 nitrogen and oxygen atoms in total. The lowest BCUT2D eigenvalue weighted by Crippen LogP contribution is -2.52. The third-order valence-corrected chi connectivity index (χ3v) is 9.63. The van der Waals surface area contributed by atoms with E-state index in [0.717, 1.165) is 22.7 Å². The van der Waals surface area contributed by atoms with Gasteiger partial charge >= 0.3 is 0 Å². The third-order valence-electron chi connectivity index (χ3n) is 7.15. The minimum atomic E-state index is -4.32. The number of carbonyl (C=O) groups is 2. The lowest BCUT2D eigenvalue weighted by atomic mass is 10.1. The fourth-order valence-electron chi connectivity index (χ4n) is 4.62. The molecule has 1 atom stereocenters. The summed E-state index contributed by atoms with van der Waals surface area (Å²) in [4.78, 5) is 29.1. The van der Waals surface area contributed by atoms with Crippen molar-refractivity contribution in [2.45, 2.75) is 57.5 Å². The van der Waals surface area contributed by atoms with Crippen molar-refractivity contribution in [3.63, 3.8) is 0 Å². The molecule has 44 heavy (non-hydrogen) atoms. The van der Waals surface area contributed by atoms with Gasteiger partial charge < -0.3 is 19.7 Å². The van der Waals surface area contributed by atoms with Gasteiger partial charge in [0.1, 0.15) is 24.1 Å². The molecule has 0 aliphatic heterocycles. The number of aryl methyl sites for hydroxylation is 1. The van der Waals surface area contributed by atoms with E-state index in [1.807, 2.05) is 13.8 Å². The first kappa shape index (κ1) is 35.0. The first-order valence-electron chi connectivity index (χ1n) is 14.3. The van der Waals surface area contributed by atoms with Crippen LogP contribution in [0.4, 0.5) is 5.69 Å². The van der Waals surface area contributed by atoms with Gasteiger partial charge in [-0.25, -0.2) is 8.42 Å². The van der Waals surface area contributed by atoms with E-state index in [4.69, 9.17) is 32.7 Å². The minimum absolute atomic E-state index is 0.0224. The Morgan fingerprint density at radius 1 is 0.955 bits per heavy atom. The molecule has 2 amide bonds. The maximum Gasteiger partial charge on any atom is 0.264 e. The molecule has 0 unspecified atom stereocenters. The number of halogens is 2. The van der Waals surface area contributed by atoms with E-state index in [0.29, 0.717) is 27.9 Å². The van der Waals surface area contributed by atoms with E-state index in [2.05, 4.69) is 5.32 Å². The van der Waals surface area contributed by atoms with Gasteiger partial charge in [0.05, 0.1) is 24.8 Å². The second-order valence-electron chi connectivity index (χ2n) is 10.2. The van der Waals surface area contributed by atoms with Gasteiger partial charge in [-0.05, 0) is 56.2 Å². The Balaban J connectivity index is 2.16. The summed E-state index contributed by atoms with van der Waals surface area (Å²) in [5.41, 5.74) is 1.40. The zero-order valence-corrected chi connectivity index (χ0v) is 27.9. The fraction of sp³-hybridized carbons (Fsp3) is 0.375. The van der Waals surface area contributed by atoms with Crippen LogP contribution in [-0.2, 0) is 26.2 Å². The molecule has 3 rings (SSSR count). The topological polar surface area (TPSA) is 105 Å². The molecule has 0 aliphatic carbocycles. The van der Waals surface area contributed by atoms with Crippen molar-refractivity contribution in [1.29, 1.82) is 0 Å². The molecule has 1 N–H and O–H groups in total. The number of ether oxygens (including phenoxy) is 2. The second-order valence-corrected chi connectivity index (χ2v) is 12.8. The van der Waals surface area contributed by atoms with Crippen LogP contribution in [0.5, 0.6) is 11.5 Å². The molecular formula is C32H39Cl2N3O6S. The maximum absolute atomic E-state index is 14.4. The van der Waals surface area contributed by atoms with Crippen LogP contribution < -0.4 is 19.1 Å². The zero-order valence-electron chi connectivity index (χ0n) is 25.6. The van der Waals surface area contributed by atoms with Gasteiger partial charge in [-0.1, -0.05) is 67.2 Å². The summed E-state index contributed by atoms with van der Waals surface area (Å²) in [5, 5.41) is 3.53. The van der Waals surface area contributed by atoms with Crippen molar-refractivity contribution in [2.24, 2.45) is 0 Å². The number of nitrogens with one attached hydrogen (secondary N) is 1. The summed E-state index contributed by atoms with van der Waals surface area (Å²) in [7, 11) is -1.46. The molecular weight excluding hydrogens is 625 g/mol. The normalized spacial score (nSPS) is 11.9. The van der Waals surface area contributed by atoms with Crippen LogP contribution in [0.15, 0.2) is 65.6 Å². The molecule has 0 aromatic heterocycles. The summed E-state index contributed by atoms with van der Waals surface area (Å²) < 4.78 is 40.3. The number of unbranched alkanes of at least 4 members (excludes halogenated alkanes) is 1. The van der Waals surface area contributed by atoms with Crippen LogP contribution >= 0.6 is 23.2 Å².